The minimum atomic E-state index is -1.11. The normalized spacial score (nSPS) is 10.2. The van der Waals surface area contributed by atoms with Crippen molar-refractivity contribution in [1.82, 2.24) is 0 Å². The zero-order chi connectivity index (χ0) is 13.8. The summed E-state index contributed by atoms with van der Waals surface area (Å²) in [5.74, 6) is -1.38. The van der Waals surface area contributed by atoms with Crippen molar-refractivity contribution in [3.8, 4) is 0 Å². The maximum atomic E-state index is 11.8. The van der Waals surface area contributed by atoms with Crippen LogP contribution in [0.15, 0.2) is 35.7 Å². The van der Waals surface area contributed by atoms with E-state index in [2.05, 4.69) is 5.32 Å². The number of rotatable bonds is 4. The first-order chi connectivity index (χ1) is 9.06. The topological polar surface area (TPSA) is 66.4 Å². The van der Waals surface area contributed by atoms with Crippen molar-refractivity contribution < 1.29 is 14.7 Å². The summed E-state index contributed by atoms with van der Waals surface area (Å²) in [6.45, 7) is 0. The van der Waals surface area contributed by atoms with Crippen LogP contribution < -0.4 is 5.32 Å². The summed E-state index contributed by atoms with van der Waals surface area (Å²) < 4.78 is 0. The molecule has 1 heterocycles. The molecule has 0 fully saturated rings. The summed E-state index contributed by atoms with van der Waals surface area (Å²) in [6, 6.07) is 7.97. The number of hydrogen-bond donors (Lipinski definition) is 2. The van der Waals surface area contributed by atoms with Gasteiger partial charge in [0.2, 0.25) is 5.91 Å². The first kappa shape index (κ1) is 13.6. The molecule has 19 heavy (non-hydrogen) atoms. The maximum absolute atomic E-state index is 11.8. The zero-order valence-electron chi connectivity index (χ0n) is 9.72. The number of thiophene rings is 1. The third-order valence-electron chi connectivity index (χ3n) is 2.40. The van der Waals surface area contributed by atoms with Gasteiger partial charge >= 0.3 is 5.97 Å². The summed E-state index contributed by atoms with van der Waals surface area (Å²) in [7, 11) is 0. The molecule has 0 saturated carbocycles. The number of carbonyl (C=O) groups is 2. The molecule has 6 heteroatoms. The van der Waals surface area contributed by atoms with E-state index in [1.807, 2.05) is 17.5 Å². The van der Waals surface area contributed by atoms with Gasteiger partial charge in [0.15, 0.2) is 0 Å². The molecule has 2 aromatic rings. The van der Waals surface area contributed by atoms with E-state index in [0.717, 1.165) is 4.88 Å². The second kappa shape index (κ2) is 5.86. The van der Waals surface area contributed by atoms with Crippen molar-refractivity contribution in [3.63, 3.8) is 0 Å². The number of benzene rings is 1. The number of aromatic carboxylic acids is 1. The fourth-order valence-corrected chi connectivity index (χ4v) is 2.45. The average Bonchev–Trinajstić information content (AvgIpc) is 2.81. The van der Waals surface area contributed by atoms with Gasteiger partial charge in [0, 0.05) is 9.90 Å². The van der Waals surface area contributed by atoms with E-state index in [-0.39, 0.29) is 23.6 Å². The molecule has 2 N–H and O–H groups in total. The van der Waals surface area contributed by atoms with E-state index in [0.29, 0.717) is 5.02 Å². The summed E-state index contributed by atoms with van der Waals surface area (Å²) >= 11 is 7.28. The lowest BCUT2D eigenvalue weighted by molar-refractivity contribution is -0.115. The number of carboxylic acid groups (broad SMARTS) is 1. The molecule has 2 rings (SSSR count). The molecular formula is C13H10ClNO3S. The van der Waals surface area contributed by atoms with Gasteiger partial charge in [-0.3, -0.25) is 4.79 Å². The van der Waals surface area contributed by atoms with E-state index in [1.54, 1.807) is 0 Å². The van der Waals surface area contributed by atoms with Gasteiger partial charge in [0.1, 0.15) is 0 Å². The van der Waals surface area contributed by atoms with Crippen LogP contribution >= 0.6 is 22.9 Å². The van der Waals surface area contributed by atoms with Crippen LogP contribution in [0.4, 0.5) is 5.69 Å². The van der Waals surface area contributed by atoms with Crippen LogP contribution in [0.25, 0.3) is 0 Å². The van der Waals surface area contributed by atoms with Crippen LogP contribution in [-0.4, -0.2) is 17.0 Å². The molecule has 0 bridgehead atoms. The van der Waals surface area contributed by atoms with Crippen LogP contribution in [0.1, 0.15) is 15.2 Å². The summed E-state index contributed by atoms with van der Waals surface area (Å²) in [4.78, 5) is 23.8. The molecule has 0 aliphatic rings. The molecule has 1 aromatic heterocycles. The predicted octanol–water partition coefficient (Wildman–Crippen LogP) is 3.28. The Morgan fingerprint density at radius 2 is 2.11 bits per heavy atom. The number of anilines is 1. The predicted molar refractivity (Wildman–Crippen MR) is 75.1 cm³/mol. The molecule has 0 atom stereocenters. The third-order valence-corrected chi connectivity index (χ3v) is 3.51. The Hall–Kier alpha value is -1.85. The van der Waals surface area contributed by atoms with Crippen LogP contribution in [0, 0.1) is 0 Å². The van der Waals surface area contributed by atoms with Crippen molar-refractivity contribution in [1.29, 1.82) is 0 Å². The van der Waals surface area contributed by atoms with Gasteiger partial charge in [-0.25, -0.2) is 4.79 Å². The van der Waals surface area contributed by atoms with Gasteiger partial charge in [-0.05, 0) is 29.6 Å². The number of hydrogen-bond acceptors (Lipinski definition) is 3. The highest BCUT2D eigenvalue weighted by Gasteiger charge is 2.13. The largest absolute Gasteiger partial charge is 0.478 e. The van der Waals surface area contributed by atoms with Gasteiger partial charge in [0.25, 0.3) is 0 Å². The number of halogens is 1. The number of amides is 1. The first-order valence-corrected chi connectivity index (χ1v) is 6.67. The van der Waals surface area contributed by atoms with Gasteiger partial charge < -0.3 is 10.4 Å². The SMILES string of the molecule is O=C(Cc1cccs1)Nc1cc(Cl)ccc1C(=O)O. The monoisotopic (exact) mass is 295 g/mol. The van der Waals surface area contributed by atoms with Gasteiger partial charge in [-0.1, -0.05) is 17.7 Å². The van der Waals surface area contributed by atoms with Gasteiger partial charge in [0.05, 0.1) is 17.7 Å². The zero-order valence-corrected chi connectivity index (χ0v) is 11.3. The Morgan fingerprint density at radius 3 is 2.74 bits per heavy atom. The van der Waals surface area contributed by atoms with Gasteiger partial charge in [-0.2, -0.15) is 0 Å². The van der Waals surface area contributed by atoms with Crippen LogP contribution in [-0.2, 0) is 11.2 Å². The minimum Gasteiger partial charge on any atom is -0.478 e. The van der Waals surface area contributed by atoms with Crippen LogP contribution in [0.2, 0.25) is 5.02 Å². The lowest BCUT2D eigenvalue weighted by Crippen LogP contribution is -2.16. The summed E-state index contributed by atoms with van der Waals surface area (Å²) in [5, 5.41) is 13.9. The number of nitrogens with one attached hydrogen (secondary N) is 1. The van der Waals surface area contributed by atoms with Crippen molar-refractivity contribution in [2.75, 3.05) is 5.32 Å². The standard InChI is InChI=1S/C13H10ClNO3S/c14-8-3-4-10(13(17)18)11(6-8)15-12(16)7-9-2-1-5-19-9/h1-6H,7H2,(H,15,16)(H,17,18). The lowest BCUT2D eigenvalue weighted by atomic mass is 10.1. The van der Waals surface area contributed by atoms with E-state index < -0.39 is 5.97 Å². The molecule has 0 unspecified atom stereocenters. The van der Waals surface area contributed by atoms with Crippen LogP contribution in [0.5, 0.6) is 0 Å². The molecule has 0 radical (unpaired) electrons. The van der Waals surface area contributed by atoms with Crippen LogP contribution in [0.3, 0.4) is 0 Å². The van der Waals surface area contributed by atoms with Gasteiger partial charge in [-0.15, -0.1) is 11.3 Å². The first-order valence-electron chi connectivity index (χ1n) is 5.41. The van der Waals surface area contributed by atoms with E-state index in [9.17, 15) is 9.59 Å². The molecule has 1 amide bonds. The van der Waals surface area contributed by atoms with Crippen molar-refractivity contribution in [3.05, 3.63) is 51.2 Å². The lowest BCUT2D eigenvalue weighted by Gasteiger charge is -2.08. The third kappa shape index (κ3) is 3.56. The van der Waals surface area contributed by atoms with E-state index in [4.69, 9.17) is 16.7 Å². The van der Waals surface area contributed by atoms with Crippen molar-refractivity contribution in [2.24, 2.45) is 0 Å². The Morgan fingerprint density at radius 1 is 1.32 bits per heavy atom. The highest BCUT2D eigenvalue weighted by Crippen LogP contribution is 2.21. The minimum absolute atomic E-state index is 0.0175. The fraction of sp³-hybridized carbons (Fsp3) is 0.0769. The fourth-order valence-electron chi connectivity index (χ4n) is 1.57. The molecular weight excluding hydrogens is 286 g/mol. The number of carbonyl (C=O) groups excluding carboxylic acids is 1. The second-order valence-electron chi connectivity index (χ2n) is 3.80. The Bertz CT molecular complexity index is 610. The second-order valence-corrected chi connectivity index (χ2v) is 5.27. The molecule has 98 valence electrons. The molecule has 4 nitrogen and oxygen atoms in total. The Balaban J connectivity index is 2.16. The molecule has 0 saturated heterocycles. The molecule has 1 aromatic carbocycles. The average molecular weight is 296 g/mol. The highest BCUT2D eigenvalue weighted by molar-refractivity contribution is 7.10. The van der Waals surface area contributed by atoms with E-state index >= 15 is 0 Å². The summed E-state index contributed by atoms with van der Waals surface area (Å²) in [5.41, 5.74) is 0.227. The smallest absolute Gasteiger partial charge is 0.337 e. The number of carboxylic acids is 1. The molecule has 0 aliphatic heterocycles. The van der Waals surface area contributed by atoms with Crippen molar-refractivity contribution in [2.45, 2.75) is 6.42 Å². The summed E-state index contributed by atoms with van der Waals surface area (Å²) in [6.07, 6.45) is 0.212. The van der Waals surface area contributed by atoms with Crippen molar-refractivity contribution >= 4 is 40.5 Å². The quantitative estimate of drug-likeness (QED) is 0.909. The highest BCUT2D eigenvalue weighted by atomic mass is 35.5. The molecule has 0 aliphatic carbocycles. The Kier molecular flexibility index (Phi) is 4.19. The maximum Gasteiger partial charge on any atom is 0.337 e. The van der Waals surface area contributed by atoms with E-state index in [1.165, 1.54) is 29.5 Å². The molecule has 0 spiro atoms. The Labute approximate surface area is 118 Å².